The number of unbranched alkanes of at least 4 members (excludes halogenated alkanes) is 2. The smallest absolute Gasteiger partial charge is 0.160 e. The third-order valence-corrected chi connectivity index (χ3v) is 8.17. The van der Waals surface area contributed by atoms with E-state index in [1.165, 1.54) is 12.8 Å². The number of halogens is 2. The van der Waals surface area contributed by atoms with Gasteiger partial charge in [0, 0.05) is 9.65 Å². The average molecular weight is 657 g/mol. The minimum absolute atomic E-state index is 0.152. The van der Waals surface area contributed by atoms with E-state index in [1.54, 1.807) is 0 Å². The lowest BCUT2D eigenvalue weighted by atomic mass is 10.1. The van der Waals surface area contributed by atoms with Gasteiger partial charge in [0.05, 0.1) is 13.2 Å². The van der Waals surface area contributed by atoms with Gasteiger partial charge in [-0.2, -0.15) is 0 Å². The summed E-state index contributed by atoms with van der Waals surface area (Å²) < 4.78 is 29.5. The molecule has 0 spiro atoms. The quantitative estimate of drug-likeness (QED) is 0.0363. The van der Waals surface area contributed by atoms with E-state index in [0.29, 0.717) is 22.9 Å². The second kappa shape index (κ2) is 29.2. The van der Waals surface area contributed by atoms with Crippen molar-refractivity contribution in [1.82, 2.24) is 0 Å². The topological polar surface area (TPSA) is 46.2 Å². The summed E-state index contributed by atoms with van der Waals surface area (Å²) in [5.74, 6) is 0. The lowest BCUT2D eigenvalue weighted by Crippen LogP contribution is -2.23. The molecule has 0 saturated heterocycles. The van der Waals surface area contributed by atoms with Crippen LogP contribution in [-0.4, -0.2) is 49.0 Å². The van der Waals surface area contributed by atoms with Gasteiger partial charge in [0.15, 0.2) is 26.2 Å². The van der Waals surface area contributed by atoms with Gasteiger partial charge in [-0.25, -0.2) is 0 Å². The second-order valence-corrected chi connectivity index (χ2v) is 11.9. The monoisotopic (exact) mass is 654 g/mol. The van der Waals surface area contributed by atoms with Crippen molar-refractivity contribution < 1.29 is 23.7 Å². The van der Waals surface area contributed by atoms with Gasteiger partial charge in [0.1, 0.15) is 0 Å². The minimum Gasteiger partial charge on any atom is -0.352 e. The molecule has 0 amide bonds. The molecule has 4 unspecified atom stereocenters. The van der Waals surface area contributed by atoms with Crippen molar-refractivity contribution in [1.29, 1.82) is 0 Å². The predicted octanol–water partition coefficient (Wildman–Crippen LogP) is 9.82. The Bertz CT molecular complexity index is 474. The van der Waals surface area contributed by atoms with Gasteiger partial charge in [-0.1, -0.05) is 96.7 Å². The number of hydrogen-bond acceptors (Lipinski definition) is 5. The fraction of sp³-hybridized carbons (Fsp3) is 0.867. The third kappa shape index (κ3) is 26.2. The largest absolute Gasteiger partial charge is 0.352 e. The Morgan fingerprint density at radius 2 is 0.946 bits per heavy atom. The minimum atomic E-state index is -0.251. The Balaban J connectivity index is 4.40. The van der Waals surface area contributed by atoms with Crippen LogP contribution in [0.2, 0.25) is 0 Å². The zero-order chi connectivity index (χ0) is 27.4. The van der Waals surface area contributed by atoms with Crippen LogP contribution < -0.4 is 0 Å². The number of ether oxygens (including phenoxy) is 5. The molecule has 0 aromatic rings. The Kier molecular flexibility index (Phi) is 29.4. The number of rotatable bonds is 28. The van der Waals surface area contributed by atoms with Crippen molar-refractivity contribution in [2.24, 2.45) is 0 Å². The molecule has 0 radical (unpaired) electrons. The van der Waals surface area contributed by atoms with Crippen LogP contribution in [-0.2, 0) is 23.7 Å². The molecule has 5 nitrogen and oxygen atoms in total. The van der Waals surface area contributed by atoms with Crippen molar-refractivity contribution in [3.8, 4) is 0 Å². The third-order valence-electron chi connectivity index (χ3n) is 5.96. The van der Waals surface area contributed by atoms with Gasteiger partial charge in [0.2, 0.25) is 0 Å². The molecule has 4 atom stereocenters. The van der Waals surface area contributed by atoms with E-state index in [1.807, 2.05) is 0 Å². The first-order valence-electron chi connectivity index (χ1n) is 14.7. The van der Waals surface area contributed by atoms with Crippen LogP contribution in [0.25, 0.3) is 0 Å². The normalized spacial score (nSPS) is 15.5. The molecule has 0 heterocycles. The number of hydrogen-bond donors (Lipinski definition) is 0. The van der Waals surface area contributed by atoms with Crippen LogP contribution in [0.5, 0.6) is 0 Å². The first-order chi connectivity index (χ1) is 18.1. The maximum absolute atomic E-state index is 5.99. The fourth-order valence-corrected chi connectivity index (χ4v) is 4.23. The Labute approximate surface area is 245 Å². The van der Waals surface area contributed by atoms with E-state index in [4.69, 9.17) is 23.7 Å². The molecule has 0 aromatic carbocycles. The summed E-state index contributed by atoms with van der Waals surface area (Å²) >= 11 is 7.43. The standard InChI is InChI=1S/C30H56Br2O5/c1-5-9-11-17-23-34-29(21-15-13-19-27(31)7-3)36-25-33-26-37-30(35-24-18-12-10-6-2)22-16-14-20-28(32)8-4/h9-12,27-30H,5-8,13-26H2,1-4H3. The lowest BCUT2D eigenvalue weighted by Gasteiger charge is -2.21. The van der Waals surface area contributed by atoms with Gasteiger partial charge in [-0.15, -0.1) is 0 Å². The van der Waals surface area contributed by atoms with Gasteiger partial charge in [-0.05, 0) is 77.0 Å². The van der Waals surface area contributed by atoms with E-state index in [-0.39, 0.29) is 26.2 Å². The van der Waals surface area contributed by atoms with Crippen molar-refractivity contribution >= 4 is 31.9 Å². The Morgan fingerprint density at radius 3 is 1.32 bits per heavy atom. The summed E-state index contributed by atoms with van der Waals surface area (Å²) in [5, 5.41) is 0. The molecule has 0 saturated carbocycles. The maximum Gasteiger partial charge on any atom is 0.160 e. The van der Waals surface area contributed by atoms with Gasteiger partial charge >= 0.3 is 0 Å². The molecule has 0 bridgehead atoms. The number of allylic oxidation sites excluding steroid dienone is 2. The molecule has 0 fully saturated rings. The van der Waals surface area contributed by atoms with E-state index >= 15 is 0 Å². The summed E-state index contributed by atoms with van der Waals surface area (Å²) in [6.45, 7) is 10.3. The predicted molar refractivity (Wildman–Crippen MR) is 164 cm³/mol. The first-order valence-corrected chi connectivity index (χ1v) is 16.5. The molecule has 0 rings (SSSR count). The Morgan fingerprint density at radius 1 is 0.541 bits per heavy atom. The van der Waals surface area contributed by atoms with Crippen molar-refractivity contribution in [2.45, 2.75) is 140 Å². The molecular weight excluding hydrogens is 600 g/mol. The summed E-state index contributed by atoms with van der Waals surface area (Å²) in [6.07, 6.45) is 22.9. The molecule has 0 aromatic heterocycles. The molecule has 0 aliphatic carbocycles. The van der Waals surface area contributed by atoms with Crippen LogP contribution in [0.15, 0.2) is 24.3 Å². The second-order valence-electron chi connectivity index (χ2n) is 9.29. The van der Waals surface area contributed by atoms with Crippen LogP contribution in [0.4, 0.5) is 0 Å². The summed E-state index contributed by atoms with van der Waals surface area (Å²) in [5.41, 5.74) is 0. The molecular formula is C30H56Br2O5. The van der Waals surface area contributed by atoms with Gasteiger partial charge in [0.25, 0.3) is 0 Å². The van der Waals surface area contributed by atoms with Crippen molar-refractivity contribution in [3.05, 3.63) is 24.3 Å². The highest BCUT2D eigenvalue weighted by Crippen LogP contribution is 2.17. The highest BCUT2D eigenvalue weighted by Gasteiger charge is 2.12. The van der Waals surface area contributed by atoms with Crippen molar-refractivity contribution in [3.63, 3.8) is 0 Å². The molecule has 37 heavy (non-hydrogen) atoms. The summed E-state index contributed by atoms with van der Waals surface area (Å²) in [7, 11) is 0. The van der Waals surface area contributed by atoms with Crippen molar-refractivity contribution in [2.75, 3.05) is 26.8 Å². The van der Waals surface area contributed by atoms with Crippen LogP contribution >= 0.6 is 31.9 Å². The maximum atomic E-state index is 5.99. The van der Waals surface area contributed by atoms with E-state index in [9.17, 15) is 0 Å². The summed E-state index contributed by atoms with van der Waals surface area (Å²) in [6, 6.07) is 0. The highest BCUT2D eigenvalue weighted by molar-refractivity contribution is 9.09. The van der Waals surface area contributed by atoms with Gasteiger partial charge in [-0.3, -0.25) is 0 Å². The van der Waals surface area contributed by atoms with Crippen LogP contribution in [0.1, 0.15) is 118 Å². The lowest BCUT2D eigenvalue weighted by molar-refractivity contribution is -0.248. The zero-order valence-electron chi connectivity index (χ0n) is 24.1. The molecule has 0 N–H and O–H groups in total. The van der Waals surface area contributed by atoms with E-state index in [2.05, 4.69) is 83.9 Å². The molecule has 0 aliphatic heterocycles. The molecule has 220 valence electrons. The average Bonchev–Trinajstić information content (AvgIpc) is 2.91. The fourth-order valence-electron chi connectivity index (χ4n) is 3.58. The van der Waals surface area contributed by atoms with Crippen LogP contribution in [0, 0.1) is 0 Å². The van der Waals surface area contributed by atoms with E-state index in [0.717, 1.165) is 77.0 Å². The van der Waals surface area contributed by atoms with Crippen LogP contribution in [0.3, 0.4) is 0 Å². The molecule has 0 aliphatic rings. The SMILES string of the molecule is CCC=CCCOC(CCCCC(Br)CC)OCOCOC(CCCCC(Br)CC)OCCC=CCC. The summed E-state index contributed by atoms with van der Waals surface area (Å²) in [4.78, 5) is 1.19. The zero-order valence-corrected chi connectivity index (χ0v) is 27.3. The first kappa shape index (κ1) is 37.2. The Hall–Kier alpha value is 0.240. The highest BCUT2D eigenvalue weighted by atomic mass is 79.9. The van der Waals surface area contributed by atoms with E-state index < -0.39 is 0 Å². The number of alkyl halides is 2. The van der Waals surface area contributed by atoms with Gasteiger partial charge < -0.3 is 23.7 Å². The molecule has 7 heteroatoms.